The number of rotatable bonds is 5. The second-order valence-corrected chi connectivity index (χ2v) is 4.29. The molecule has 1 aromatic carbocycles. The standard InChI is InChI=1S/C13H18N4/c1-17-10-12(15-16-17)8-5-9-13(14)11-6-3-2-4-7-11/h2-4,6-7,10,13H,5,8-9,14H2,1H3. The molecule has 0 bridgehead atoms. The summed E-state index contributed by atoms with van der Waals surface area (Å²) in [5.41, 5.74) is 8.36. The van der Waals surface area contributed by atoms with Gasteiger partial charge in [0.05, 0.1) is 5.69 Å². The van der Waals surface area contributed by atoms with Crippen LogP contribution in [0.4, 0.5) is 0 Å². The van der Waals surface area contributed by atoms with E-state index in [9.17, 15) is 0 Å². The third kappa shape index (κ3) is 3.39. The average molecular weight is 230 g/mol. The number of hydrogen-bond acceptors (Lipinski definition) is 3. The summed E-state index contributed by atoms with van der Waals surface area (Å²) in [5, 5.41) is 7.97. The molecule has 4 heteroatoms. The predicted octanol–water partition coefficient (Wildman–Crippen LogP) is 1.84. The first kappa shape index (κ1) is 11.8. The Hall–Kier alpha value is -1.68. The Morgan fingerprint density at radius 3 is 2.71 bits per heavy atom. The zero-order valence-corrected chi connectivity index (χ0v) is 10.1. The van der Waals surface area contributed by atoms with E-state index in [4.69, 9.17) is 5.73 Å². The minimum Gasteiger partial charge on any atom is -0.324 e. The van der Waals surface area contributed by atoms with Gasteiger partial charge in [0.1, 0.15) is 0 Å². The molecule has 4 nitrogen and oxygen atoms in total. The molecule has 0 amide bonds. The molecule has 1 unspecified atom stereocenters. The Morgan fingerprint density at radius 2 is 2.06 bits per heavy atom. The van der Waals surface area contributed by atoms with Gasteiger partial charge in [-0.3, -0.25) is 4.68 Å². The third-order valence-corrected chi connectivity index (χ3v) is 2.83. The highest BCUT2D eigenvalue weighted by Gasteiger charge is 2.05. The number of nitrogens with two attached hydrogens (primary N) is 1. The maximum Gasteiger partial charge on any atom is 0.0827 e. The van der Waals surface area contributed by atoms with Crippen molar-refractivity contribution < 1.29 is 0 Å². The lowest BCUT2D eigenvalue weighted by atomic mass is 10.0. The van der Waals surface area contributed by atoms with E-state index in [1.165, 1.54) is 5.56 Å². The molecular formula is C13H18N4. The Kier molecular flexibility index (Phi) is 3.88. The van der Waals surface area contributed by atoms with Crippen LogP contribution in [0.25, 0.3) is 0 Å². The largest absolute Gasteiger partial charge is 0.324 e. The topological polar surface area (TPSA) is 56.7 Å². The first-order valence-corrected chi connectivity index (χ1v) is 5.91. The van der Waals surface area contributed by atoms with Crippen molar-refractivity contribution in [1.82, 2.24) is 15.0 Å². The highest BCUT2D eigenvalue weighted by atomic mass is 15.4. The van der Waals surface area contributed by atoms with Gasteiger partial charge in [0.2, 0.25) is 0 Å². The lowest BCUT2D eigenvalue weighted by Crippen LogP contribution is -2.10. The van der Waals surface area contributed by atoms with Crippen molar-refractivity contribution in [2.75, 3.05) is 0 Å². The van der Waals surface area contributed by atoms with Gasteiger partial charge in [-0.25, -0.2) is 0 Å². The Labute approximate surface area is 101 Å². The number of hydrogen-bond donors (Lipinski definition) is 1. The minimum atomic E-state index is 0.118. The van der Waals surface area contributed by atoms with Gasteiger partial charge < -0.3 is 5.73 Å². The SMILES string of the molecule is Cn1cc(CCCC(N)c2ccccc2)nn1. The summed E-state index contributed by atoms with van der Waals surface area (Å²) >= 11 is 0. The van der Waals surface area contributed by atoms with Crippen molar-refractivity contribution in [3.05, 3.63) is 47.8 Å². The van der Waals surface area contributed by atoms with Crippen LogP contribution in [0.3, 0.4) is 0 Å². The fourth-order valence-electron chi connectivity index (χ4n) is 1.88. The van der Waals surface area contributed by atoms with Crippen molar-refractivity contribution in [2.24, 2.45) is 12.8 Å². The van der Waals surface area contributed by atoms with Crippen molar-refractivity contribution in [3.63, 3.8) is 0 Å². The van der Waals surface area contributed by atoms with Gasteiger partial charge in [0.15, 0.2) is 0 Å². The summed E-state index contributed by atoms with van der Waals surface area (Å²) in [4.78, 5) is 0. The molecule has 2 aromatic rings. The first-order chi connectivity index (χ1) is 8.25. The lowest BCUT2D eigenvalue weighted by Gasteiger charge is -2.10. The van der Waals surface area contributed by atoms with Crippen LogP contribution < -0.4 is 5.73 Å². The molecule has 0 aliphatic heterocycles. The molecule has 1 heterocycles. The van der Waals surface area contributed by atoms with E-state index in [0.717, 1.165) is 25.0 Å². The monoisotopic (exact) mass is 230 g/mol. The molecule has 0 aliphatic carbocycles. The van der Waals surface area contributed by atoms with Crippen LogP contribution in [0.5, 0.6) is 0 Å². The highest BCUT2D eigenvalue weighted by molar-refractivity contribution is 5.18. The number of nitrogens with zero attached hydrogens (tertiary/aromatic N) is 3. The number of benzene rings is 1. The molecule has 0 aliphatic rings. The van der Waals surface area contributed by atoms with Crippen LogP contribution in [0.15, 0.2) is 36.5 Å². The van der Waals surface area contributed by atoms with Gasteiger partial charge in [0.25, 0.3) is 0 Å². The second-order valence-electron chi connectivity index (χ2n) is 4.29. The molecule has 2 rings (SSSR count). The van der Waals surface area contributed by atoms with Crippen molar-refractivity contribution in [1.29, 1.82) is 0 Å². The first-order valence-electron chi connectivity index (χ1n) is 5.91. The van der Waals surface area contributed by atoms with Crippen LogP contribution in [-0.4, -0.2) is 15.0 Å². The normalized spacial score (nSPS) is 12.6. The van der Waals surface area contributed by atoms with Crippen LogP contribution in [-0.2, 0) is 13.5 Å². The van der Waals surface area contributed by atoms with Crippen molar-refractivity contribution >= 4 is 0 Å². The summed E-state index contributed by atoms with van der Waals surface area (Å²) < 4.78 is 1.73. The summed E-state index contributed by atoms with van der Waals surface area (Å²) in [6.07, 6.45) is 4.90. The van der Waals surface area contributed by atoms with Crippen LogP contribution in [0.2, 0.25) is 0 Å². The smallest absolute Gasteiger partial charge is 0.0827 e. The van der Waals surface area contributed by atoms with Gasteiger partial charge in [-0.2, -0.15) is 0 Å². The summed E-state index contributed by atoms with van der Waals surface area (Å²) in [6.45, 7) is 0. The average Bonchev–Trinajstić information content (AvgIpc) is 2.76. The van der Waals surface area contributed by atoms with E-state index in [0.29, 0.717) is 0 Å². The quantitative estimate of drug-likeness (QED) is 0.852. The predicted molar refractivity (Wildman–Crippen MR) is 67.3 cm³/mol. The molecule has 0 saturated carbocycles. The Bertz CT molecular complexity index is 449. The van der Waals surface area contributed by atoms with E-state index >= 15 is 0 Å². The molecule has 2 N–H and O–H groups in total. The lowest BCUT2D eigenvalue weighted by molar-refractivity contribution is 0.606. The van der Waals surface area contributed by atoms with Crippen LogP contribution in [0.1, 0.15) is 30.1 Å². The fraction of sp³-hybridized carbons (Fsp3) is 0.385. The van der Waals surface area contributed by atoms with Crippen LogP contribution >= 0.6 is 0 Å². The molecule has 0 fully saturated rings. The van der Waals surface area contributed by atoms with Crippen LogP contribution in [0, 0.1) is 0 Å². The molecule has 1 atom stereocenters. The summed E-state index contributed by atoms with van der Waals surface area (Å²) in [6, 6.07) is 10.3. The second kappa shape index (κ2) is 5.59. The number of aryl methyl sites for hydroxylation is 2. The van der Waals surface area contributed by atoms with Gasteiger partial charge in [-0.15, -0.1) is 5.10 Å². The zero-order chi connectivity index (χ0) is 12.1. The zero-order valence-electron chi connectivity index (χ0n) is 10.1. The maximum absolute atomic E-state index is 6.12. The Balaban J connectivity index is 1.79. The van der Waals surface area contributed by atoms with E-state index in [1.54, 1.807) is 4.68 Å². The minimum absolute atomic E-state index is 0.118. The fourth-order valence-corrected chi connectivity index (χ4v) is 1.88. The maximum atomic E-state index is 6.12. The molecule has 0 spiro atoms. The summed E-state index contributed by atoms with van der Waals surface area (Å²) in [5.74, 6) is 0. The highest BCUT2D eigenvalue weighted by Crippen LogP contribution is 2.16. The van der Waals surface area contributed by atoms with Gasteiger partial charge >= 0.3 is 0 Å². The van der Waals surface area contributed by atoms with Gasteiger partial charge in [-0.05, 0) is 24.8 Å². The molecule has 17 heavy (non-hydrogen) atoms. The Morgan fingerprint density at radius 1 is 1.29 bits per heavy atom. The van der Waals surface area contributed by atoms with Crippen molar-refractivity contribution in [3.8, 4) is 0 Å². The number of aromatic nitrogens is 3. The van der Waals surface area contributed by atoms with Gasteiger partial charge in [-0.1, -0.05) is 35.5 Å². The van der Waals surface area contributed by atoms with Crippen molar-refractivity contribution in [2.45, 2.75) is 25.3 Å². The van der Waals surface area contributed by atoms with E-state index in [2.05, 4.69) is 22.4 Å². The third-order valence-electron chi connectivity index (χ3n) is 2.83. The molecule has 1 aromatic heterocycles. The van der Waals surface area contributed by atoms with E-state index < -0.39 is 0 Å². The summed E-state index contributed by atoms with van der Waals surface area (Å²) in [7, 11) is 1.88. The van der Waals surface area contributed by atoms with Gasteiger partial charge in [0, 0.05) is 19.3 Å². The molecule has 0 radical (unpaired) electrons. The molecular weight excluding hydrogens is 212 g/mol. The van der Waals surface area contributed by atoms with E-state index in [-0.39, 0.29) is 6.04 Å². The van der Waals surface area contributed by atoms with E-state index in [1.807, 2.05) is 31.4 Å². The molecule has 90 valence electrons. The molecule has 0 saturated heterocycles.